The number of methoxy groups -OCH3 is 3. The molecule has 1 amide bonds. The molecule has 0 bridgehead atoms. The Hall–Kier alpha value is -4.17. The van der Waals surface area contributed by atoms with Crippen LogP contribution in [-0.4, -0.2) is 37.2 Å². The third kappa shape index (κ3) is 3.99. The summed E-state index contributed by atoms with van der Waals surface area (Å²) in [5.41, 5.74) is 3.32. The predicted octanol–water partition coefficient (Wildman–Crippen LogP) is 5.79. The zero-order chi connectivity index (χ0) is 23.7. The van der Waals surface area contributed by atoms with Crippen molar-refractivity contribution in [3.63, 3.8) is 0 Å². The highest BCUT2D eigenvalue weighted by Gasteiger charge is 2.18. The normalized spacial score (nSPS) is 10.9. The number of carbonyl (C=O) groups is 1. The molecule has 170 valence electrons. The quantitative estimate of drug-likeness (QED) is 0.338. The highest BCUT2D eigenvalue weighted by molar-refractivity contribution is 7.22. The lowest BCUT2D eigenvalue weighted by molar-refractivity contribution is 0.102. The van der Waals surface area contributed by atoms with Crippen LogP contribution in [-0.2, 0) is 0 Å². The maximum Gasteiger partial charge on any atom is 0.258 e. The molecular formula is C26H21N3O4S. The van der Waals surface area contributed by atoms with E-state index in [4.69, 9.17) is 19.2 Å². The number of hydrogen-bond donors (Lipinski definition) is 1. The van der Waals surface area contributed by atoms with Gasteiger partial charge in [0.1, 0.15) is 17.2 Å². The van der Waals surface area contributed by atoms with E-state index < -0.39 is 0 Å². The molecule has 34 heavy (non-hydrogen) atoms. The Bertz CT molecular complexity index is 1530. The fraction of sp³-hybridized carbons (Fsp3) is 0.115. The number of nitrogens with zero attached hydrogens (tertiary/aromatic N) is 2. The summed E-state index contributed by atoms with van der Waals surface area (Å²) in [6, 6.07) is 20.4. The van der Waals surface area contributed by atoms with Crippen molar-refractivity contribution >= 4 is 43.5 Å². The summed E-state index contributed by atoms with van der Waals surface area (Å²) in [6.07, 6.45) is 0. The van der Waals surface area contributed by atoms with Gasteiger partial charge in [-0.05, 0) is 48.5 Å². The van der Waals surface area contributed by atoms with Gasteiger partial charge >= 0.3 is 0 Å². The lowest BCUT2D eigenvalue weighted by Crippen LogP contribution is -2.13. The fourth-order valence-electron chi connectivity index (χ4n) is 3.77. The van der Waals surface area contributed by atoms with Crippen molar-refractivity contribution in [2.75, 3.05) is 26.6 Å². The number of para-hydroxylation sites is 1. The van der Waals surface area contributed by atoms with Crippen LogP contribution < -0.4 is 19.5 Å². The van der Waals surface area contributed by atoms with Crippen molar-refractivity contribution in [3.8, 4) is 28.5 Å². The van der Waals surface area contributed by atoms with Gasteiger partial charge in [0.05, 0.1) is 48.3 Å². The molecular weight excluding hydrogens is 450 g/mol. The van der Waals surface area contributed by atoms with E-state index in [1.165, 1.54) is 11.3 Å². The van der Waals surface area contributed by atoms with E-state index in [9.17, 15) is 4.79 Å². The van der Waals surface area contributed by atoms with E-state index in [2.05, 4.69) is 10.3 Å². The van der Waals surface area contributed by atoms with Gasteiger partial charge in [-0.1, -0.05) is 29.5 Å². The Kier molecular flexibility index (Phi) is 5.73. The van der Waals surface area contributed by atoms with Crippen LogP contribution in [0.1, 0.15) is 10.4 Å². The van der Waals surface area contributed by atoms with E-state index in [1.807, 2.05) is 60.7 Å². The van der Waals surface area contributed by atoms with Gasteiger partial charge in [0.2, 0.25) is 0 Å². The zero-order valence-electron chi connectivity index (χ0n) is 18.8. The van der Waals surface area contributed by atoms with E-state index in [1.54, 1.807) is 27.4 Å². The first-order valence-electron chi connectivity index (χ1n) is 10.5. The minimum atomic E-state index is -0.271. The number of hydrogen-bond acceptors (Lipinski definition) is 7. The summed E-state index contributed by atoms with van der Waals surface area (Å²) in [5, 5.41) is 4.20. The SMILES string of the molecule is COc1ccc(OC)c(-c2cc(C(=O)Nc3nc4ccc(OC)cc4s3)c3ccccc3n2)c1. The number of nitrogens with one attached hydrogen (secondary N) is 1. The number of rotatable bonds is 6. The largest absolute Gasteiger partial charge is 0.497 e. The van der Waals surface area contributed by atoms with Crippen LogP contribution in [0.15, 0.2) is 66.7 Å². The third-order valence-corrected chi connectivity index (χ3v) is 6.39. The first-order chi connectivity index (χ1) is 16.6. The van der Waals surface area contributed by atoms with Crippen molar-refractivity contribution in [1.82, 2.24) is 9.97 Å². The molecule has 5 rings (SSSR count). The molecule has 2 heterocycles. The second kappa shape index (κ2) is 8.99. The molecule has 8 heteroatoms. The summed E-state index contributed by atoms with van der Waals surface area (Å²) in [6.45, 7) is 0. The Morgan fingerprint density at radius 2 is 1.59 bits per heavy atom. The number of carbonyl (C=O) groups excluding carboxylic acids is 1. The van der Waals surface area contributed by atoms with Crippen LogP contribution in [0, 0.1) is 0 Å². The van der Waals surface area contributed by atoms with E-state index in [-0.39, 0.29) is 5.91 Å². The average molecular weight is 472 g/mol. The van der Waals surface area contributed by atoms with Crippen LogP contribution in [0.5, 0.6) is 17.2 Å². The summed E-state index contributed by atoms with van der Waals surface area (Å²) >= 11 is 1.39. The van der Waals surface area contributed by atoms with Gasteiger partial charge in [0, 0.05) is 10.9 Å². The smallest absolute Gasteiger partial charge is 0.258 e. The number of aromatic nitrogens is 2. The molecule has 0 fully saturated rings. The molecule has 3 aromatic carbocycles. The van der Waals surface area contributed by atoms with Crippen LogP contribution in [0.2, 0.25) is 0 Å². The Morgan fingerprint density at radius 3 is 2.38 bits per heavy atom. The highest BCUT2D eigenvalue weighted by atomic mass is 32.1. The molecule has 5 aromatic rings. The zero-order valence-corrected chi connectivity index (χ0v) is 19.6. The van der Waals surface area contributed by atoms with Crippen LogP contribution in [0.25, 0.3) is 32.4 Å². The number of anilines is 1. The summed E-state index contributed by atoms with van der Waals surface area (Å²) < 4.78 is 17.1. The van der Waals surface area contributed by atoms with Crippen molar-refractivity contribution in [3.05, 3.63) is 72.3 Å². The second-order valence-electron chi connectivity index (χ2n) is 7.45. The lowest BCUT2D eigenvalue weighted by atomic mass is 10.0. The van der Waals surface area contributed by atoms with E-state index >= 15 is 0 Å². The van der Waals surface area contributed by atoms with Gasteiger partial charge in [-0.15, -0.1) is 0 Å². The van der Waals surface area contributed by atoms with E-state index in [0.717, 1.165) is 26.9 Å². The number of thiazole rings is 1. The molecule has 1 N–H and O–H groups in total. The third-order valence-electron chi connectivity index (χ3n) is 5.46. The molecule has 0 aliphatic carbocycles. The fourth-order valence-corrected chi connectivity index (χ4v) is 4.65. The number of benzene rings is 3. The maximum atomic E-state index is 13.4. The average Bonchev–Trinajstić information content (AvgIpc) is 3.28. The topological polar surface area (TPSA) is 82.6 Å². The van der Waals surface area contributed by atoms with Gasteiger partial charge < -0.3 is 14.2 Å². The molecule has 0 atom stereocenters. The van der Waals surface area contributed by atoms with Crippen molar-refractivity contribution in [2.45, 2.75) is 0 Å². The predicted molar refractivity (Wildman–Crippen MR) is 134 cm³/mol. The lowest BCUT2D eigenvalue weighted by Gasteiger charge is -2.13. The van der Waals surface area contributed by atoms with Crippen molar-refractivity contribution in [1.29, 1.82) is 0 Å². The van der Waals surface area contributed by atoms with Crippen molar-refractivity contribution in [2.24, 2.45) is 0 Å². The van der Waals surface area contributed by atoms with Gasteiger partial charge in [-0.2, -0.15) is 0 Å². The maximum absolute atomic E-state index is 13.4. The monoisotopic (exact) mass is 471 g/mol. The Balaban J connectivity index is 1.59. The van der Waals surface area contributed by atoms with Crippen LogP contribution >= 0.6 is 11.3 Å². The summed E-state index contributed by atoms with van der Waals surface area (Å²) in [4.78, 5) is 22.8. The standard InChI is InChI=1S/C26H21N3O4S/c1-31-15-9-11-23(33-3)19(12-15)22-14-18(17-6-4-5-7-20(17)27-22)25(30)29-26-28-21-10-8-16(32-2)13-24(21)34-26/h4-14H,1-3H3,(H,28,29,30). The first kappa shape index (κ1) is 21.7. The van der Waals surface area contributed by atoms with Gasteiger partial charge in [-0.25, -0.2) is 9.97 Å². The molecule has 0 aliphatic rings. The second-order valence-corrected chi connectivity index (χ2v) is 8.48. The molecule has 0 spiro atoms. The number of amides is 1. The van der Waals surface area contributed by atoms with Crippen molar-refractivity contribution < 1.29 is 19.0 Å². The van der Waals surface area contributed by atoms with Crippen LogP contribution in [0.4, 0.5) is 5.13 Å². The van der Waals surface area contributed by atoms with Crippen LogP contribution in [0.3, 0.4) is 0 Å². The summed E-state index contributed by atoms with van der Waals surface area (Å²) in [5.74, 6) is 1.77. The van der Waals surface area contributed by atoms with Gasteiger partial charge in [-0.3, -0.25) is 10.1 Å². The molecule has 0 saturated heterocycles. The Morgan fingerprint density at radius 1 is 0.824 bits per heavy atom. The molecule has 7 nitrogen and oxygen atoms in total. The van der Waals surface area contributed by atoms with Gasteiger partial charge in [0.15, 0.2) is 5.13 Å². The number of ether oxygens (including phenoxy) is 3. The molecule has 0 saturated carbocycles. The van der Waals surface area contributed by atoms with Gasteiger partial charge in [0.25, 0.3) is 5.91 Å². The summed E-state index contributed by atoms with van der Waals surface area (Å²) in [7, 11) is 4.82. The Labute approximate surface area is 200 Å². The minimum absolute atomic E-state index is 0.271. The molecule has 0 unspecified atom stereocenters. The minimum Gasteiger partial charge on any atom is -0.497 e. The first-order valence-corrected chi connectivity index (χ1v) is 11.3. The molecule has 0 radical (unpaired) electrons. The van der Waals surface area contributed by atoms with E-state index in [0.29, 0.717) is 33.4 Å². The molecule has 2 aromatic heterocycles. The highest BCUT2D eigenvalue weighted by Crippen LogP contribution is 2.35. The number of fused-ring (bicyclic) bond motifs is 2. The molecule has 0 aliphatic heterocycles. The number of pyridine rings is 1.